The maximum absolute atomic E-state index is 12.7. The molecule has 8 heteroatoms. The van der Waals surface area contributed by atoms with Crippen LogP contribution >= 0.6 is 0 Å². The van der Waals surface area contributed by atoms with Gasteiger partial charge in [-0.1, -0.05) is 48.5 Å². The van der Waals surface area contributed by atoms with Gasteiger partial charge in [0.25, 0.3) is 5.91 Å². The van der Waals surface area contributed by atoms with Crippen LogP contribution in [0.25, 0.3) is 17.1 Å². The van der Waals surface area contributed by atoms with Crippen LogP contribution in [0.15, 0.2) is 60.7 Å². The van der Waals surface area contributed by atoms with Gasteiger partial charge in [-0.15, -0.1) is 5.10 Å². The number of carbonyl (C=O) groups is 2. The first kappa shape index (κ1) is 20.7. The molecule has 1 aliphatic heterocycles. The molecular weight excluding hydrogens is 392 g/mol. The monoisotopic (exact) mass is 418 g/mol. The van der Waals surface area contributed by atoms with Crippen LogP contribution in [-0.2, 0) is 4.79 Å². The molecule has 3 aromatic rings. The van der Waals surface area contributed by atoms with Crippen LogP contribution in [0.3, 0.4) is 0 Å². The van der Waals surface area contributed by atoms with Gasteiger partial charge < -0.3 is 10.2 Å². The third kappa shape index (κ3) is 4.97. The smallest absolute Gasteiger partial charge is 0.291 e. The molecular formula is C23H26N6O2. The van der Waals surface area contributed by atoms with Gasteiger partial charge in [-0.25, -0.2) is 9.67 Å². The second kappa shape index (κ2) is 9.53. The highest BCUT2D eigenvalue weighted by molar-refractivity contribution is 5.91. The van der Waals surface area contributed by atoms with E-state index >= 15 is 0 Å². The zero-order valence-electron chi connectivity index (χ0n) is 17.6. The normalized spacial score (nSPS) is 14.4. The van der Waals surface area contributed by atoms with Gasteiger partial charge in [0.1, 0.15) is 0 Å². The fourth-order valence-electron chi connectivity index (χ4n) is 3.62. The van der Waals surface area contributed by atoms with E-state index in [0.29, 0.717) is 12.4 Å². The molecule has 4 rings (SSSR count). The topological polar surface area (TPSA) is 83.4 Å². The molecule has 160 valence electrons. The predicted molar refractivity (Wildman–Crippen MR) is 118 cm³/mol. The van der Waals surface area contributed by atoms with Crippen molar-refractivity contribution in [2.45, 2.75) is 6.92 Å². The Balaban J connectivity index is 1.43. The predicted octanol–water partition coefficient (Wildman–Crippen LogP) is 1.83. The Morgan fingerprint density at radius 2 is 1.58 bits per heavy atom. The molecule has 0 aliphatic carbocycles. The van der Waals surface area contributed by atoms with Gasteiger partial charge in [0.15, 0.2) is 5.82 Å². The van der Waals surface area contributed by atoms with E-state index in [1.54, 1.807) is 11.6 Å². The number of benzene rings is 2. The number of nitrogens with one attached hydrogen (secondary N) is 1. The van der Waals surface area contributed by atoms with E-state index in [9.17, 15) is 9.59 Å². The van der Waals surface area contributed by atoms with E-state index in [-0.39, 0.29) is 17.6 Å². The molecule has 8 nitrogen and oxygen atoms in total. The maximum atomic E-state index is 12.7. The van der Waals surface area contributed by atoms with Crippen LogP contribution in [0.4, 0.5) is 0 Å². The van der Waals surface area contributed by atoms with E-state index in [4.69, 9.17) is 0 Å². The minimum absolute atomic E-state index is 0.113. The summed E-state index contributed by atoms with van der Waals surface area (Å²) in [5.41, 5.74) is 1.73. The van der Waals surface area contributed by atoms with E-state index in [0.717, 1.165) is 44.0 Å². The van der Waals surface area contributed by atoms with E-state index < -0.39 is 0 Å². The minimum Gasteiger partial charge on any atom is -0.348 e. The van der Waals surface area contributed by atoms with Crippen LogP contribution in [0.2, 0.25) is 0 Å². The zero-order chi connectivity index (χ0) is 21.6. The highest BCUT2D eigenvalue weighted by atomic mass is 16.2. The number of hydrogen-bond acceptors (Lipinski definition) is 5. The van der Waals surface area contributed by atoms with Crippen molar-refractivity contribution < 1.29 is 9.59 Å². The SMILES string of the molecule is CC(=O)N1CCN(CCNC(=O)c2nc(-c3ccccc3)n(-c3ccccc3)n2)CC1. The van der Waals surface area contributed by atoms with E-state index in [2.05, 4.69) is 20.3 Å². The third-order valence-corrected chi connectivity index (χ3v) is 5.37. The lowest BCUT2D eigenvalue weighted by atomic mass is 10.2. The summed E-state index contributed by atoms with van der Waals surface area (Å²) in [5, 5.41) is 7.41. The minimum atomic E-state index is -0.297. The Morgan fingerprint density at radius 3 is 2.23 bits per heavy atom. The molecule has 1 N–H and O–H groups in total. The second-order valence-electron chi connectivity index (χ2n) is 7.48. The molecule has 31 heavy (non-hydrogen) atoms. The summed E-state index contributed by atoms with van der Waals surface area (Å²) in [6.07, 6.45) is 0. The van der Waals surface area contributed by atoms with Crippen molar-refractivity contribution in [3.8, 4) is 17.1 Å². The van der Waals surface area contributed by atoms with Crippen molar-refractivity contribution in [3.63, 3.8) is 0 Å². The molecule has 0 radical (unpaired) electrons. The average molecular weight is 419 g/mol. The number of amides is 2. The molecule has 2 aromatic carbocycles. The Labute approximate surface area is 181 Å². The fourth-order valence-corrected chi connectivity index (χ4v) is 3.62. The lowest BCUT2D eigenvalue weighted by molar-refractivity contribution is -0.130. The summed E-state index contributed by atoms with van der Waals surface area (Å²) in [4.78, 5) is 32.8. The van der Waals surface area contributed by atoms with Crippen molar-refractivity contribution in [3.05, 3.63) is 66.5 Å². The van der Waals surface area contributed by atoms with Crippen LogP contribution in [-0.4, -0.2) is 75.6 Å². The number of para-hydroxylation sites is 1. The van der Waals surface area contributed by atoms with E-state index in [1.807, 2.05) is 65.6 Å². The highest BCUT2D eigenvalue weighted by Gasteiger charge is 2.20. The summed E-state index contributed by atoms with van der Waals surface area (Å²) in [6, 6.07) is 19.4. The Morgan fingerprint density at radius 1 is 0.935 bits per heavy atom. The third-order valence-electron chi connectivity index (χ3n) is 5.37. The lowest BCUT2D eigenvalue weighted by Gasteiger charge is -2.34. The molecule has 1 aromatic heterocycles. The van der Waals surface area contributed by atoms with Crippen LogP contribution in [0, 0.1) is 0 Å². The van der Waals surface area contributed by atoms with Gasteiger partial charge in [0, 0.05) is 51.8 Å². The largest absolute Gasteiger partial charge is 0.348 e. The molecule has 0 atom stereocenters. The number of nitrogens with zero attached hydrogens (tertiary/aromatic N) is 5. The second-order valence-corrected chi connectivity index (χ2v) is 7.48. The summed E-state index contributed by atoms with van der Waals surface area (Å²) < 4.78 is 1.70. The summed E-state index contributed by atoms with van der Waals surface area (Å²) in [5.74, 6) is 0.581. The van der Waals surface area contributed by atoms with Crippen LogP contribution in [0.5, 0.6) is 0 Å². The van der Waals surface area contributed by atoms with Gasteiger partial charge in [-0.2, -0.15) is 0 Å². The number of carbonyl (C=O) groups excluding carboxylic acids is 2. The van der Waals surface area contributed by atoms with Crippen molar-refractivity contribution in [1.29, 1.82) is 0 Å². The molecule has 1 saturated heterocycles. The quantitative estimate of drug-likeness (QED) is 0.660. The number of hydrogen-bond donors (Lipinski definition) is 1. The molecule has 0 unspecified atom stereocenters. The number of rotatable bonds is 6. The molecule has 0 spiro atoms. The first-order valence-electron chi connectivity index (χ1n) is 10.5. The lowest BCUT2D eigenvalue weighted by Crippen LogP contribution is -2.49. The standard InChI is InChI=1S/C23H26N6O2/c1-18(30)28-16-14-27(15-17-28)13-12-24-23(31)21-25-22(19-8-4-2-5-9-19)29(26-21)20-10-6-3-7-11-20/h2-11H,12-17H2,1H3,(H,24,31). The molecule has 0 saturated carbocycles. The van der Waals surface area contributed by atoms with Crippen molar-refractivity contribution >= 4 is 11.8 Å². The van der Waals surface area contributed by atoms with Gasteiger partial charge in [-0.3, -0.25) is 14.5 Å². The van der Waals surface area contributed by atoms with Crippen molar-refractivity contribution in [1.82, 2.24) is 29.9 Å². The first-order valence-corrected chi connectivity index (χ1v) is 10.5. The van der Waals surface area contributed by atoms with Crippen LogP contribution < -0.4 is 5.32 Å². The van der Waals surface area contributed by atoms with Gasteiger partial charge in [0.05, 0.1) is 5.69 Å². The zero-order valence-corrected chi connectivity index (χ0v) is 17.6. The number of piperazine rings is 1. The highest BCUT2D eigenvalue weighted by Crippen LogP contribution is 2.20. The van der Waals surface area contributed by atoms with Gasteiger partial charge in [-0.05, 0) is 12.1 Å². The summed E-state index contributed by atoms with van der Waals surface area (Å²) in [7, 11) is 0. The summed E-state index contributed by atoms with van der Waals surface area (Å²) >= 11 is 0. The van der Waals surface area contributed by atoms with Crippen molar-refractivity contribution in [2.75, 3.05) is 39.3 Å². The molecule has 2 amide bonds. The van der Waals surface area contributed by atoms with Crippen molar-refractivity contribution in [2.24, 2.45) is 0 Å². The first-order chi connectivity index (χ1) is 15.1. The Hall–Kier alpha value is -3.52. The Kier molecular flexibility index (Phi) is 6.37. The van der Waals surface area contributed by atoms with Gasteiger partial charge in [0.2, 0.25) is 11.7 Å². The van der Waals surface area contributed by atoms with E-state index in [1.165, 1.54) is 0 Å². The maximum Gasteiger partial charge on any atom is 0.291 e. The Bertz CT molecular complexity index is 970. The molecule has 1 fully saturated rings. The van der Waals surface area contributed by atoms with Gasteiger partial charge >= 0.3 is 0 Å². The number of aromatic nitrogens is 3. The molecule has 2 heterocycles. The fraction of sp³-hybridized carbons (Fsp3) is 0.304. The molecule has 0 bridgehead atoms. The van der Waals surface area contributed by atoms with Crippen LogP contribution in [0.1, 0.15) is 17.5 Å². The average Bonchev–Trinajstić information content (AvgIpc) is 3.26. The molecule has 1 aliphatic rings. The summed E-state index contributed by atoms with van der Waals surface area (Å²) in [6.45, 7) is 5.91.